The maximum absolute atomic E-state index is 13.6. The molecule has 6 nitrogen and oxygen atoms in total. The van der Waals surface area contributed by atoms with Crippen molar-refractivity contribution in [1.82, 2.24) is 5.32 Å². The van der Waals surface area contributed by atoms with Crippen LogP contribution in [0.2, 0.25) is 10.0 Å². The average molecular weight is 632 g/mol. The molecule has 0 aliphatic carbocycles. The van der Waals surface area contributed by atoms with Gasteiger partial charge in [-0.1, -0.05) is 47.0 Å². The number of rotatable bonds is 11. The number of sulfonamides is 1. The number of anilines is 1. The fourth-order valence-electron chi connectivity index (χ4n) is 3.25. The first-order valence-electron chi connectivity index (χ1n) is 10.8. The molecule has 3 rings (SSSR count). The van der Waals surface area contributed by atoms with Crippen LogP contribution in [0.25, 0.3) is 0 Å². The van der Waals surface area contributed by atoms with Gasteiger partial charge in [-0.3, -0.25) is 9.10 Å². The quantitative estimate of drug-likeness (QED) is 0.251. The smallest absolute Gasteiger partial charge is 0.264 e. The highest BCUT2D eigenvalue weighted by Gasteiger charge is 2.28. The molecule has 11 heteroatoms. The maximum atomic E-state index is 13.6. The number of nitrogens with one attached hydrogen (secondary N) is 1. The zero-order valence-corrected chi connectivity index (χ0v) is 24.4. The van der Waals surface area contributed by atoms with E-state index >= 15 is 0 Å². The van der Waals surface area contributed by atoms with Crippen molar-refractivity contribution in [2.24, 2.45) is 0 Å². The summed E-state index contributed by atoms with van der Waals surface area (Å²) in [5.41, 5.74) is 2.22. The van der Waals surface area contributed by atoms with Gasteiger partial charge in [0.2, 0.25) is 5.91 Å². The van der Waals surface area contributed by atoms with Crippen LogP contribution in [0.5, 0.6) is 5.75 Å². The lowest BCUT2D eigenvalue weighted by Gasteiger charge is -2.24. The molecule has 1 N–H and O–H groups in total. The minimum absolute atomic E-state index is 0.0377. The molecule has 0 aromatic heterocycles. The monoisotopic (exact) mass is 630 g/mol. The lowest BCUT2D eigenvalue weighted by Crippen LogP contribution is -2.41. The summed E-state index contributed by atoms with van der Waals surface area (Å²) < 4.78 is 33.9. The van der Waals surface area contributed by atoms with Gasteiger partial charge in [0.15, 0.2) is 0 Å². The van der Waals surface area contributed by atoms with Crippen LogP contribution in [0.15, 0.2) is 70.0 Å². The number of benzene rings is 3. The normalized spacial score (nSPS) is 11.2. The number of halogens is 3. The molecule has 192 valence electrons. The second-order valence-electron chi connectivity index (χ2n) is 7.75. The van der Waals surface area contributed by atoms with E-state index in [9.17, 15) is 13.2 Å². The van der Waals surface area contributed by atoms with Gasteiger partial charge in [-0.15, -0.1) is 0 Å². The Balaban J connectivity index is 1.69. The van der Waals surface area contributed by atoms with E-state index in [1.807, 2.05) is 6.92 Å². The van der Waals surface area contributed by atoms with E-state index < -0.39 is 15.9 Å². The first-order valence-corrected chi connectivity index (χ1v) is 15.0. The number of carbonyl (C=O) groups is 1. The number of carbonyl (C=O) groups excluding carboxylic acids is 1. The highest BCUT2D eigenvalue weighted by molar-refractivity contribution is 9.10. The third-order valence-corrected chi connectivity index (χ3v) is 9.28. The minimum Gasteiger partial charge on any atom is -0.496 e. The molecule has 3 aromatic carbocycles. The number of amides is 1. The Morgan fingerprint density at radius 1 is 1.08 bits per heavy atom. The highest BCUT2D eigenvalue weighted by Crippen LogP contribution is 2.31. The number of hydrogen-bond donors (Lipinski definition) is 1. The number of aryl methyl sites for hydroxylation is 1. The molecule has 36 heavy (non-hydrogen) atoms. The highest BCUT2D eigenvalue weighted by atomic mass is 79.9. The van der Waals surface area contributed by atoms with E-state index in [-0.39, 0.29) is 11.4 Å². The first-order chi connectivity index (χ1) is 17.1. The van der Waals surface area contributed by atoms with Crippen molar-refractivity contribution in [2.75, 3.05) is 30.3 Å². The van der Waals surface area contributed by atoms with E-state index in [0.717, 1.165) is 15.4 Å². The molecule has 3 aromatic rings. The number of nitrogens with zero attached hydrogens (tertiary/aromatic N) is 1. The summed E-state index contributed by atoms with van der Waals surface area (Å²) in [7, 11) is -2.54. The molecule has 0 atom stereocenters. The first kappa shape index (κ1) is 28.7. The summed E-state index contributed by atoms with van der Waals surface area (Å²) in [4.78, 5) is 12.8. The van der Waals surface area contributed by atoms with Gasteiger partial charge in [-0.25, -0.2) is 8.42 Å². The average Bonchev–Trinajstić information content (AvgIpc) is 2.84. The van der Waals surface area contributed by atoms with E-state index in [1.165, 1.54) is 19.2 Å². The number of thioether (sulfide) groups is 1. The van der Waals surface area contributed by atoms with Crippen LogP contribution in [0.3, 0.4) is 0 Å². The Bertz CT molecular complexity index is 1300. The van der Waals surface area contributed by atoms with Crippen LogP contribution >= 0.6 is 50.9 Å². The lowest BCUT2D eigenvalue weighted by molar-refractivity contribution is -0.119. The molecular formula is C25H25BrCl2N2O4S2. The van der Waals surface area contributed by atoms with Gasteiger partial charge in [0, 0.05) is 28.1 Å². The Morgan fingerprint density at radius 3 is 2.36 bits per heavy atom. The van der Waals surface area contributed by atoms with Crippen LogP contribution < -0.4 is 14.4 Å². The Labute approximate surface area is 234 Å². The van der Waals surface area contributed by atoms with Crippen LogP contribution in [-0.2, 0) is 20.6 Å². The van der Waals surface area contributed by atoms with Gasteiger partial charge in [0.05, 0.1) is 22.2 Å². The molecular weight excluding hydrogens is 607 g/mol. The molecule has 0 unspecified atom stereocenters. The Kier molecular flexibility index (Phi) is 10.4. The molecule has 0 spiro atoms. The number of methoxy groups -OCH3 is 1. The molecule has 0 saturated heterocycles. The summed E-state index contributed by atoms with van der Waals surface area (Å²) in [6, 6.07) is 16.8. The van der Waals surface area contributed by atoms with Crippen molar-refractivity contribution in [3.05, 3.63) is 86.3 Å². The van der Waals surface area contributed by atoms with Crippen LogP contribution in [0.4, 0.5) is 5.69 Å². The summed E-state index contributed by atoms with van der Waals surface area (Å²) in [5, 5.41) is 4.00. The van der Waals surface area contributed by atoms with E-state index in [2.05, 4.69) is 21.2 Å². The largest absolute Gasteiger partial charge is 0.496 e. The molecule has 0 saturated carbocycles. The van der Waals surface area contributed by atoms with E-state index in [0.29, 0.717) is 44.0 Å². The zero-order chi connectivity index (χ0) is 26.3. The second-order valence-corrected chi connectivity index (χ2v) is 12.4. The van der Waals surface area contributed by atoms with Gasteiger partial charge in [0.1, 0.15) is 12.3 Å². The van der Waals surface area contributed by atoms with Crippen molar-refractivity contribution < 1.29 is 17.9 Å². The van der Waals surface area contributed by atoms with Crippen LogP contribution in [-0.4, -0.2) is 40.3 Å². The van der Waals surface area contributed by atoms with Gasteiger partial charge in [-0.05, 0) is 70.9 Å². The number of ether oxygens (including phenoxy) is 1. The molecule has 0 radical (unpaired) electrons. The van der Waals surface area contributed by atoms with Gasteiger partial charge < -0.3 is 10.1 Å². The third-order valence-electron chi connectivity index (χ3n) is 5.20. The second kappa shape index (κ2) is 13.1. The molecule has 1 amide bonds. The summed E-state index contributed by atoms with van der Waals surface area (Å²) in [6.45, 7) is 1.90. The van der Waals surface area contributed by atoms with Crippen molar-refractivity contribution in [3.8, 4) is 5.75 Å². The predicted molar refractivity (Wildman–Crippen MR) is 152 cm³/mol. The fourth-order valence-corrected chi connectivity index (χ4v) is 6.99. The standard InChI is InChI=1S/C25H25BrCl2N2O4S2/c1-17-6-8-18(9-7-17)30(36(32,33)19-10-11-24(34-2)21(26)14-19)15-25(31)29-12-13-35-16-20-22(27)4-3-5-23(20)28/h3-11,14H,12-13,15-16H2,1-2H3,(H,29,31). The van der Waals surface area contributed by atoms with E-state index in [1.54, 1.807) is 60.3 Å². The van der Waals surface area contributed by atoms with Crippen molar-refractivity contribution in [3.63, 3.8) is 0 Å². The molecule has 0 heterocycles. The lowest BCUT2D eigenvalue weighted by atomic mass is 10.2. The molecule has 0 aliphatic rings. The summed E-state index contributed by atoms with van der Waals surface area (Å²) in [6.07, 6.45) is 0. The Hall–Kier alpha value is -1.91. The van der Waals surface area contributed by atoms with Gasteiger partial charge in [0.25, 0.3) is 10.0 Å². The zero-order valence-electron chi connectivity index (χ0n) is 19.6. The maximum Gasteiger partial charge on any atom is 0.264 e. The molecule has 0 fully saturated rings. The Morgan fingerprint density at radius 2 is 1.75 bits per heavy atom. The molecule has 0 aliphatic heterocycles. The van der Waals surface area contributed by atoms with E-state index in [4.69, 9.17) is 27.9 Å². The molecule has 0 bridgehead atoms. The van der Waals surface area contributed by atoms with Crippen molar-refractivity contribution in [2.45, 2.75) is 17.6 Å². The number of hydrogen-bond acceptors (Lipinski definition) is 5. The van der Waals surface area contributed by atoms with Crippen LogP contribution in [0, 0.1) is 6.92 Å². The minimum atomic E-state index is -4.04. The predicted octanol–water partition coefficient (Wildman–Crippen LogP) is 6.32. The fraction of sp³-hybridized carbons (Fsp3) is 0.240. The van der Waals surface area contributed by atoms with Crippen molar-refractivity contribution in [1.29, 1.82) is 0 Å². The topological polar surface area (TPSA) is 75.7 Å². The third kappa shape index (κ3) is 7.32. The van der Waals surface area contributed by atoms with Crippen LogP contribution in [0.1, 0.15) is 11.1 Å². The SMILES string of the molecule is COc1ccc(S(=O)(=O)N(CC(=O)NCCSCc2c(Cl)cccc2Cl)c2ccc(C)cc2)cc1Br. The summed E-state index contributed by atoms with van der Waals surface area (Å²) in [5.74, 6) is 1.30. The van der Waals surface area contributed by atoms with Crippen molar-refractivity contribution >= 4 is 72.5 Å². The van der Waals surface area contributed by atoms with Gasteiger partial charge in [-0.2, -0.15) is 11.8 Å². The summed E-state index contributed by atoms with van der Waals surface area (Å²) >= 11 is 17.3. The van der Waals surface area contributed by atoms with Gasteiger partial charge >= 0.3 is 0 Å².